The van der Waals surface area contributed by atoms with Gasteiger partial charge in [-0.1, -0.05) is 12.1 Å². The summed E-state index contributed by atoms with van der Waals surface area (Å²) in [5.74, 6) is 1.08. The molecule has 21 heavy (non-hydrogen) atoms. The van der Waals surface area contributed by atoms with E-state index >= 15 is 0 Å². The van der Waals surface area contributed by atoms with Gasteiger partial charge in [0.2, 0.25) is 5.95 Å². The fourth-order valence-electron chi connectivity index (χ4n) is 3.08. The van der Waals surface area contributed by atoms with E-state index in [0.717, 1.165) is 44.2 Å². The lowest BCUT2D eigenvalue weighted by Gasteiger charge is -2.35. The van der Waals surface area contributed by atoms with Crippen LogP contribution in [0.1, 0.15) is 19.9 Å². The highest BCUT2D eigenvalue weighted by atomic mass is 16.3. The molecule has 0 radical (unpaired) electrons. The lowest BCUT2D eigenvalue weighted by Crippen LogP contribution is -2.48. The van der Waals surface area contributed by atoms with Gasteiger partial charge in [0.1, 0.15) is 0 Å². The van der Waals surface area contributed by atoms with Crippen LogP contribution in [0.3, 0.4) is 0 Å². The predicted molar refractivity (Wildman–Crippen MR) is 85.9 cm³/mol. The number of aromatic nitrogens is 2. The maximum absolute atomic E-state index is 9.04. The average Bonchev–Trinajstić information content (AvgIpc) is 2.88. The largest absolute Gasteiger partial charge is 0.395 e. The van der Waals surface area contributed by atoms with E-state index in [0.29, 0.717) is 6.04 Å². The normalized spacial score (nSPS) is 17.0. The van der Waals surface area contributed by atoms with E-state index in [-0.39, 0.29) is 6.61 Å². The summed E-state index contributed by atoms with van der Waals surface area (Å²) in [6, 6.07) is 8.74. The Labute approximate surface area is 125 Å². The van der Waals surface area contributed by atoms with Crippen molar-refractivity contribution in [2.24, 2.45) is 0 Å². The number of anilines is 1. The maximum Gasteiger partial charge on any atom is 0.206 e. The van der Waals surface area contributed by atoms with E-state index in [1.54, 1.807) is 0 Å². The number of imidazole rings is 1. The minimum absolute atomic E-state index is 0.241. The topological polar surface area (TPSA) is 44.5 Å². The van der Waals surface area contributed by atoms with Gasteiger partial charge in [-0.25, -0.2) is 4.98 Å². The van der Waals surface area contributed by atoms with Crippen molar-refractivity contribution < 1.29 is 5.11 Å². The lowest BCUT2D eigenvalue weighted by atomic mass is 10.3. The Bertz CT molecular complexity index is 599. The van der Waals surface area contributed by atoms with Crippen LogP contribution in [0.4, 0.5) is 5.95 Å². The molecule has 2 heterocycles. The molecule has 0 unspecified atom stereocenters. The number of benzene rings is 1. The summed E-state index contributed by atoms with van der Waals surface area (Å²) in [6.45, 7) is 9.34. The molecule has 1 aliphatic heterocycles. The zero-order valence-electron chi connectivity index (χ0n) is 12.9. The molecule has 2 aromatic rings. The second-order valence-corrected chi connectivity index (χ2v) is 5.92. The molecule has 5 heteroatoms. The highest BCUT2D eigenvalue weighted by molar-refractivity contribution is 5.79. The molecule has 3 rings (SSSR count). The monoisotopic (exact) mass is 288 g/mol. The summed E-state index contributed by atoms with van der Waals surface area (Å²) < 4.78 is 2.33. The summed E-state index contributed by atoms with van der Waals surface area (Å²) in [5.41, 5.74) is 2.28. The number of aliphatic hydroxyl groups is 1. The molecular weight excluding hydrogens is 264 g/mol. The second kappa shape index (κ2) is 6.03. The van der Waals surface area contributed by atoms with Crippen molar-refractivity contribution in [1.29, 1.82) is 0 Å². The van der Waals surface area contributed by atoms with Crippen molar-refractivity contribution in [1.82, 2.24) is 14.5 Å². The molecule has 0 amide bonds. The van der Waals surface area contributed by atoms with Crippen molar-refractivity contribution in [3.05, 3.63) is 24.3 Å². The minimum atomic E-state index is 0.241. The number of para-hydroxylation sites is 2. The highest BCUT2D eigenvalue weighted by Gasteiger charge is 2.22. The zero-order chi connectivity index (χ0) is 14.8. The quantitative estimate of drug-likeness (QED) is 0.930. The van der Waals surface area contributed by atoms with Crippen LogP contribution in [-0.2, 0) is 0 Å². The van der Waals surface area contributed by atoms with Crippen LogP contribution in [0.5, 0.6) is 0 Å². The second-order valence-electron chi connectivity index (χ2n) is 5.92. The summed E-state index contributed by atoms with van der Waals surface area (Å²) in [5, 5.41) is 9.04. The Balaban J connectivity index is 1.89. The first kappa shape index (κ1) is 14.4. The molecule has 0 spiro atoms. The minimum Gasteiger partial charge on any atom is -0.395 e. The highest BCUT2D eigenvalue weighted by Crippen LogP contribution is 2.27. The number of fused-ring (bicyclic) bond motifs is 1. The third-order valence-electron chi connectivity index (χ3n) is 4.16. The van der Waals surface area contributed by atoms with Gasteiger partial charge in [-0.15, -0.1) is 0 Å². The zero-order valence-corrected chi connectivity index (χ0v) is 12.9. The Hall–Kier alpha value is -1.59. The molecule has 114 valence electrons. The van der Waals surface area contributed by atoms with E-state index in [9.17, 15) is 0 Å². The summed E-state index contributed by atoms with van der Waals surface area (Å²) in [4.78, 5) is 9.52. The van der Waals surface area contributed by atoms with E-state index in [2.05, 4.69) is 46.4 Å². The Morgan fingerprint density at radius 1 is 1.14 bits per heavy atom. The van der Waals surface area contributed by atoms with Crippen molar-refractivity contribution in [2.75, 3.05) is 44.2 Å². The molecule has 1 aromatic heterocycles. The molecule has 0 atom stereocenters. The Kier molecular flexibility index (Phi) is 4.12. The van der Waals surface area contributed by atoms with Gasteiger partial charge in [0.25, 0.3) is 0 Å². The standard InChI is InChI=1S/C16H24N4O/c1-13(2)20-15-6-4-3-5-14(15)17-16(20)19-9-7-18(8-10-19)11-12-21/h3-6,13,21H,7-12H2,1-2H3. The van der Waals surface area contributed by atoms with Crippen molar-refractivity contribution >= 4 is 17.0 Å². The fourth-order valence-corrected chi connectivity index (χ4v) is 3.08. The summed E-state index contributed by atoms with van der Waals surface area (Å²) >= 11 is 0. The summed E-state index contributed by atoms with van der Waals surface area (Å²) in [7, 11) is 0. The number of hydrogen-bond donors (Lipinski definition) is 1. The van der Waals surface area contributed by atoms with E-state index in [1.807, 2.05) is 6.07 Å². The fraction of sp³-hybridized carbons (Fsp3) is 0.562. The lowest BCUT2D eigenvalue weighted by molar-refractivity contribution is 0.188. The van der Waals surface area contributed by atoms with Crippen molar-refractivity contribution in [2.45, 2.75) is 19.9 Å². The van der Waals surface area contributed by atoms with Crippen LogP contribution < -0.4 is 4.90 Å². The average molecular weight is 288 g/mol. The third-order valence-corrected chi connectivity index (χ3v) is 4.16. The molecule has 1 aromatic carbocycles. The maximum atomic E-state index is 9.04. The molecule has 0 aliphatic carbocycles. The molecule has 5 nitrogen and oxygen atoms in total. The van der Waals surface area contributed by atoms with Gasteiger partial charge in [-0.05, 0) is 26.0 Å². The molecule has 0 bridgehead atoms. The molecule has 1 saturated heterocycles. The number of rotatable bonds is 4. The predicted octanol–water partition coefficient (Wildman–Crippen LogP) is 1.73. The summed E-state index contributed by atoms with van der Waals surface area (Å²) in [6.07, 6.45) is 0. The van der Waals surface area contributed by atoms with Gasteiger partial charge in [-0.3, -0.25) is 4.90 Å². The van der Waals surface area contributed by atoms with Gasteiger partial charge in [0, 0.05) is 38.8 Å². The first-order valence-corrected chi connectivity index (χ1v) is 7.76. The van der Waals surface area contributed by atoms with Crippen LogP contribution in [0, 0.1) is 0 Å². The van der Waals surface area contributed by atoms with E-state index in [1.165, 1.54) is 5.52 Å². The van der Waals surface area contributed by atoms with Gasteiger partial charge < -0.3 is 14.6 Å². The third kappa shape index (κ3) is 2.76. The van der Waals surface area contributed by atoms with E-state index < -0.39 is 0 Å². The van der Waals surface area contributed by atoms with E-state index in [4.69, 9.17) is 10.1 Å². The van der Waals surface area contributed by atoms with Gasteiger partial charge in [-0.2, -0.15) is 0 Å². The smallest absolute Gasteiger partial charge is 0.206 e. The number of aliphatic hydroxyl groups excluding tert-OH is 1. The first-order valence-electron chi connectivity index (χ1n) is 7.76. The number of hydrogen-bond acceptors (Lipinski definition) is 4. The van der Waals surface area contributed by atoms with Crippen LogP contribution in [0.2, 0.25) is 0 Å². The van der Waals surface area contributed by atoms with Crippen LogP contribution in [-0.4, -0.2) is 58.9 Å². The van der Waals surface area contributed by atoms with Crippen molar-refractivity contribution in [3.63, 3.8) is 0 Å². The van der Waals surface area contributed by atoms with Gasteiger partial charge in [0.05, 0.1) is 17.6 Å². The number of β-amino-alcohol motifs (C(OH)–C–C–N with tert-alkyl or cyclic N) is 1. The van der Waals surface area contributed by atoms with Crippen LogP contribution in [0.15, 0.2) is 24.3 Å². The van der Waals surface area contributed by atoms with Crippen molar-refractivity contribution in [3.8, 4) is 0 Å². The molecule has 1 fully saturated rings. The van der Waals surface area contributed by atoms with Crippen LogP contribution in [0.25, 0.3) is 11.0 Å². The molecule has 1 N–H and O–H groups in total. The molecule has 0 saturated carbocycles. The van der Waals surface area contributed by atoms with Gasteiger partial charge in [0.15, 0.2) is 0 Å². The van der Waals surface area contributed by atoms with Crippen LogP contribution >= 0.6 is 0 Å². The Morgan fingerprint density at radius 3 is 2.52 bits per heavy atom. The Morgan fingerprint density at radius 2 is 1.86 bits per heavy atom. The molecule has 1 aliphatic rings. The molecular formula is C16H24N4O. The van der Waals surface area contributed by atoms with Gasteiger partial charge >= 0.3 is 0 Å². The number of nitrogens with zero attached hydrogens (tertiary/aromatic N) is 4. The SMILES string of the molecule is CC(C)n1c(N2CCN(CCO)CC2)nc2ccccc21. The first-order chi connectivity index (χ1) is 10.2. The number of piperazine rings is 1.